The van der Waals surface area contributed by atoms with Crippen molar-refractivity contribution in [2.75, 3.05) is 31.0 Å². The summed E-state index contributed by atoms with van der Waals surface area (Å²) in [6.07, 6.45) is 0.330. The summed E-state index contributed by atoms with van der Waals surface area (Å²) in [6, 6.07) is 12.1. The van der Waals surface area contributed by atoms with E-state index in [0.717, 1.165) is 11.4 Å². The zero-order chi connectivity index (χ0) is 22.0. The summed E-state index contributed by atoms with van der Waals surface area (Å²) in [5, 5.41) is 12.4. The van der Waals surface area contributed by atoms with Crippen molar-refractivity contribution < 1.29 is 19.1 Å². The predicted octanol–water partition coefficient (Wildman–Crippen LogP) is 3.98. The Hall–Kier alpha value is -3.17. The molecule has 0 bridgehead atoms. The van der Waals surface area contributed by atoms with Crippen LogP contribution in [0, 0.1) is 0 Å². The van der Waals surface area contributed by atoms with E-state index in [2.05, 4.69) is 15.5 Å². The van der Waals surface area contributed by atoms with E-state index in [1.54, 1.807) is 24.1 Å². The highest BCUT2D eigenvalue weighted by atomic mass is 35.5. The number of rotatable bonds is 6. The average molecular weight is 459 g/mol. The Morgan fingerprint density at radius 2 is 1.94 bits per heavy atom. The van der Waals surface area contributed by atoms with Crippen molar-refractivity contribution in [3.05, 3.63) is 58.1 Å². The minimum absolute atomic E-state index is 0.0135. The van der Waals surface area contributed by atoms with Crippen LogP contribution in [0.2, 0.25) is 5.02 Å². The van der Waals surface area contributed by atoms with Gasteiger partial charge in [0.2, 0.25) is 11.0 Å². The van der Waals surface area contributed by atoms with E-state index < -0.39 is 5.91 Å². The lowest BCUT2D eigenvalue weighted by molar-refractivity contribution is -0.117. The highest BCUT2D eigenvalue weighted by Crippen LogP contribution is 2.35. The van der Waals surface area contributed by atoms with Crippen LogP contribution in [0.25, 0.3) is 0 Å². The SMILES string of the molecule is COc1ccc(N2C[C@@H](c3nnc(NC(=O)c4cc(Cl)ccc4OC)s3)CC2=O)cc1. The number of aromatic nitrogens is 2. The monoisotopic (exact) mass is 458 g/mol. The average Bonchev–Trinajstić information content (AvgIpc) is 3.40. The summed E-state index contributed by atoms with van der Waals surface area (Å²) < 4.78 is 10.4. The molecule has 1 N–H and O–H groups in total. The van der Waals surface area contributed by atoms with Crippen LogP contribution in [0.3, 0.4) is 0 Å². The fraction of sp³-hybridized carbons (Fsp3) is 0.238. The second kappa shape index (κ2) is 8.91. The molecule has 2 amide bonds. The summed E-state index contributed by atoms with van der Waals surface area (Å²) in [7, 11) is 3.08. The molecule has 1 aliphatic rings. The fourth-order valence-electron chi connectivity index (χ4n) is 3.36. The Labute approximate surface area is 187 Å². The third-order valence-electron chi connectivity index (χ3n) is 4.93. The number of amides is 2. The van der Waals surface area contributed by atoms with Gasteiger partial charge in [-0.3, -0.25) is 14.9 Å². The molecule has 1 aliphatic heterocycles. The van der Waals surface area contributed by atoms with Gasteiger partial charge in [-0.25, -0.2) is 0 Å². The van der Waals surface area contributed by atoms with Crippen LogP contribution in [0.5, 0.6) is 11.5 Å². The molecule has 0 spiro atoms. The van der Waals surface area contributed by atoms with E-state index in [4.69, 9.17) is 21.1 Å². The quantitative estimate of drug-likeness (QED) is 0.600. The molecule has 0 aliphatic carbocycles. The molecule has 0 radical (unpaired) electrons. The van der Waals surface area contributed by atoms with Crippen LogP contribution >= 0.6 is 22.9 Å². The Morgan fingerprint density at radius 1 is 1.16 bits per heavy atom. The Kier molecular flexibility index (Phi) is 6.06. The molecule has 160 valence electrons. The van der Waals surface area contributed by atoms with Gasteiger partial charge >= 0.3 is 0 Å². The van der Waals surface area contributed by atoms with Crippen LogP contribution in [0.15, 0.2) is 42.5 Å². The molecular weight excluding hydrogens is 440 g/mol. The first-order chi connectivity index (χ1) is 15.0. The number of hydrogen-bond donors (Lipinski definition) is 1. The summed E-state index contributed by atoms with van der Waals surface area (Å²) >= 11 is 7.25. The van der Waals surface area contributed by atoms with Gasteiger partial charge in [0.05, 0.1) is 19.8 Å². The van der Waals surface area contributed by atoms with Crippen molar-refractivity contribution in [1.82, 2.24) is 10.2 Å². The summed E-state index contributed by atoms with van der Waals surface area (Å²) in [6.45, 7) is 0.496. The van der Waals surface area contributed by atoms with Crippen LogP contribution in [0.4, 0.5) is 10.8 Å². The lowest BCUT2D eigenvalue weighted by Gasteiger charge is -2.16. The third kappa shape index (κ3) is 4.47. The summed E-state index contributed by atoms with van der Waals surface area (Å²) in [4.78, 5) is 26.9. The minimum atomic E-state index is -0.399. The first-order valence-corrected chi connectivity index (χ1v) is 10.6. The van der Waals surface area contributed by atoms with Gasteiger partial charge in [-0.15, -0.1) is 10.2 Å². The number of ether oxygens (including phenoxy) is 2. The van der Waals surface area contributed by atoms with Gasteiger partial charge in [0.25, 0.3) is 5.91 Å². The zero-order valence-corrected chi connectivity index (χ0v) is 18.4. The second-order valence-electron chi connectivity index (χ2n) is 6.85. The fourth-order valence-corrected chi connectivity index (χ4v) is 4.36. The van der Waals surface area contributed by atoms with Gasteiger partial charge in [0.15, 0.2) is 0 Å². The number of benzene rings is 2. The molecule has 1 aromatic heterocycles. The number of hydrogen-bond acceptors (Lipinski definition) is 7. The summed E-state index contributed by atoms with van der Waals surface area (Å²) in [5.74, 6) is 0.651. The maximum atomic E-state index is 12.6. The zero-order valence-electron chi connectivity index (χ0n) is 16.8. The smallest absolute Gasteiger partial charge is 0.261 e. The molecule has 31 heavy (non-hydrogen) atoms. The van der Waals surface area contributed by atoms with Gasteiger partial charge in [0.1, 0.15) is 16.5 Å². The molecular formula is C21H19ClN4O4S. The normalized spacial score (nSPS) is 15.8. The van der Waals surface area contributed by atoms with Crippen molar-refractivity contribution in [3.8, 4) is 11.5 Å². The number of carbonyl (C=O) groups excluding carboxylic acids is 2. The van der Waals surface area contributed by atoms with Crippen LogP contribution in [-0.2, 0) is 4.79 Å². The molecule has 4 rings (SSSR count). The minimum Gasteiger partial charge on any atom is -0.497 e. The van der Waals surface area contributed by atoms with E-state index in [1.165, 1.54) is 24.5 Å². The van der Waals surface area contributed by atoms with Crippen molar-refractivity contribution in [2.24, 2.45) is 0 Å². The van der Waals surface area contributed by atoms with Crippen molar-refractivity contribution in [2.45, 2.75) is 12.3 Å². The first-order valence-electron chi connectivity index (χ1n) is 9.41. The lowest BCUT2D eigenvalue weighted by atomic mass is 10.1. The molecule has 3 aromatic rings. The highest BCUT2D eigenvalue weighted by Gasteiger charge is 2.34. The van der Waals surface area contributed by atoms with Crippen molar-refractivity contribution in [3.63, 3.8) is 0 Å². The number of nitrogens with one attached hydrogen (secondary N) is 1. The largest absolute Gasteiger partial charge is 0.497 e. The van der Waals surface area contributed by atoms with Crippen LogP contribution in [0.1, 0.15) is 27.7 Å². The second-order valence-corrected chi connectivity index (χ2v) is 8.29. The number of anilines is 2. The lowest BCUT2D eigenvalue weighted by Crippen LogP contribution is -2.24. The Morgan fingerprint density at radius 3 is 2.65 bits per heavy atom. The standard InChI is InChI=1S/C21H19ClN4O4S/c1-29-15-6-4-14(5-7-15)26-11-12(9-18(26)27)20-24-25-21(31-20)23-19(28)16-10-13(22)3-8-17(16)30-2/h3-8,10,12H,9,11H2,1-2H3,(H,23,25,28)/t12-/m0/s1. The molecule has 1 atom stereocenters. The van der Waals surface area contributed by atoms with E-state index >= 15 is 0 Å². The molecule has 0 unspecified atom stereocenters. The van der Waals surface area contributed by atoms with E-state index in [0.29, 0.717) is 39.4 Å². The first kappa shape index (κ1) is 21.1. The van der Waals surface area contributed by atoms with Gasteiger partial charge in [-0.05, 0) is 42.5 Å². The van der Waals surface area contributed by atoms with E-state index in [1.807, 2.05) is 24.3 Å². The molecule has 8 nitrogen and oxygen atoms in total. The number of methoxy groups -OCH3 is 2. The Bertz CT molecular complexity index is 1120. The number of halogens is 1. The van der Waals surface area contributed by atoms with E-state index in [-0.39, 0.29) is 11.8 Å². The van der Waals surface area contributed by atoms with Gasteiger partial charge < -0.3 is 14.4 Å². The highest BCUT2D eigenvalue weighted by molar-refractivity contribution is 7.15. The number of nitrogens with zero attached hydrogens (tertiary/aromatic N) is 3. The predicted molar refractivity (Wildman–Crippen MR) is 119 cm³/mol. The third-order valence-corrected chi connectivity index (χ3v) is 6.16. The van der Waals surface area contributed by atoms with Crippen LogP contribution < -0.4 is 19.7 Å². The van der Waals surface area contributed by atoms with Crippen molar-refractivity contribution >= 4 is 45.6 Å². The maximum Gasteiger partial charge on any atom is 0.261 e. The molecule has 2 aromatic carbocycles. The molecule has 10 heteroatoms. The molecule has 2 heterocycles. The number of carbonyl (C=O) groups is 2. The molecule has 0 saturated carbocycles. The Balaban J connectivity index is 1.46. The molecule has 1 saturated heterocycles. The molecule has 1 fully saturated rings. The van der Waals surface area contributed by atoms with Crippen LogP contribution in [-0.4, -0.2) is 42.8 Å². The van der Waals surface area contributed by atoms with Gasteiger partial charge in [-0.1, -0.05) is 22.9 Å². The van der Waals surface area contributed by atoms with E-state index in [9.17, 15) is 9.59 Å². The van der Waals surface area contributed by atoms with Crippen molar-refractivity contribution in [1.29, 1.82) is 0 Å². The topological polar surface area (TPSA) is 93.7 Å². The van der Waals surface area contributed by atoms with Gasteiger partial charge in [0, 0.05) is 29.6 Å². The summed E-state index contributed by atoms with van der Waals surface area (Å²) in [5.41, 5.74) is 1.10. The van der Waals surface area contributed by atoms with Gasteiger partial charge in [-0.2, -0.15) is 0 Å². The maximum absolute atomic E-state index is 12.6.